The van der Waals surface area contributed by atoms with Crippen molar-refractivity contribution in [2.75, 3.05) is 6.54 Å². The number of aryl methyl sites for hydroxylation is 1. The van der Waals surface area contributed by atoms with Crippen molar-refractivity contribution >= 4 is 0 Å². The van der Waals surface area contributed by atoms with E-state index in [1.807, 2.05) is 24.5 Å². The van der Waals surface area contributed by atoms with Gasteiger partial charge >= 0.3 is 0 Å². The van der Waals surface area contributed by atoms with Crippen molar-refractivity contribution in [3.05, 3.63) is 65.5 Å². The molecule has 0 aliphatic rings. The SMILES string of the molecule is Cc1ccccc1CCNCc1ccncc1. The third-order valence-electron chi connectivity index (χ3n) is 2.91. The molecule has 0 atom stereocenters. The normalized spacial score (nSPS) is 10.4. The molecule has 0 fully saturated rings. The van der Waals surface area contributed by atoms with Crippen LogP contribution in [0.3, 0.4) is 0 Å². The molecule has 0 aliphatic carbocycles. The third kappa shape index (κ3) is 3.68. The van der Waals surface area contributed by atoms with Crippen LogP contribution in [0.25, 0.3) is 0 Å². The molecular weight excluding hydrogens is 208 g/mol. The van der Waals surface area contributed by atoms with Crippen LogP contribution in [0.1, 0.15) is 16.7 Å². The molecule has 0 saturated carbocycles. The van der Waals surface area contributed by atoms with Crippen molar-refractivity contribution < 1.29 is 0 Å². The Bertz CT molecular complexity index is 451. The summed E-state index contributed by atoms with van der Waals surface area (Å²) in [6.07, 6.45) is 4.74. The molecule has 2 heteroatoms. The lowest BCUT2D eigenvalue weighted by molar-refractivity contribution is 0.685. The molecule has 0 spiro atoms. The lowest BCUT2D eigenvalue weighted by Crippen LogP contribution is -2.16. The first-order chi connectivity index (χ1) is 8.36. The van der Waals surface area contributed by atoms with E-state index < -0.39 is 0 Å². The molecule has 2 aromatic rings. The van der Waals surface area contributed by atoms with E-state index in [0.29, 0.717) is 0 Å². The monoisotopic (exact) mass is 226 g/mol. The zero-order valence-electron chi connectivity index (χ0n) is 10.2. The van der Waals surface area contributed by atoms with Crippen LogP contribution in [0.4, 0.5) is 0 Å². The molecule has 17 heavy (non-hydrogen) atoms. The number of aromatic nitrogens is 1. The van der Waals surface area contributed by atoms with Gasteiger partial charge in [0, 0.05) is 18.9 Å². The first kappa shape index (κ1) is 11.8. The largest absolute Gasteiger partial charge is 0.312 e. The highest BCUT2D eigenvalue weighted by molar-refractivity contribution is 5.25. The van der Waals surface area contributed by atoms with Crippen LogP contribution >= 0.6 is 0 Å². The average Bonchev–Trinajstić information content (AvgIpc) is 2.38. The fourth-order valence-electron chi connectivity index (χ4n) is 1.85. The van der Waals surface area contributed by atoms with E-state index in [1.165, 1.54) is 16.7 Å². The summed E-state index contributed by atoms with van der Waals surface area (Å²) in [5.74, 6) is 0. The Balaban J connectivity index is 1.76. The standard InChI is InChI=1S/C15H18N2/c1-13-4-2-3-5-15(13)8-11-17-12-14-6-9-16-10-7-14/h2-7,9-10,17H,8,11-12H2,1H3. The van der Waals surface area contributed by atoms with Crippen molar-refractivity contribution in [3.8, 4) is 0 Å². The van der Waals surface area contributed by atoms with E-state index in [2.05, 4.69) is 41.5 Å². The number of pyridine rings is 1. The van der Waals surface area contributed by atoms with Crippen molar-refractivity contribution in [2.24, 2.45) is 0 Å². The summed E-state index contributed by atoms with van der Waals surface area (Å²) in [4.78, 5) is 4.01. The average molecular weight is 226 g/mol. The van der Waals surface area contributed by atoms with Gasteiger partial charge in [0.15, 0.2) is 0 Å². The Morgan fingerprint density at radius 1 is 1.06 bits per heavy atom. The minimum absolute atomic E-state index is 0.911. The summed E-state index contributed by atoms with van der Waals surface area (Å²) in [5.41, 5.74) is 4.08. The molecular formula is C15H18N2. The second-order valence-electron chi connectivity index (χ2n) is 4.21. The van der Waals surface area contributed by atoms with Crippen molar-refractivity contribution in [3.63, 3.8) is 0 Å². The van der Waals surface area contributed by atoms with Crippen LogP contribution < -0.4 is 5.32 Å². The fraction of sp³-hybridized carbons (Fsp3) is 0.267. The molecule has 2 nitrogen and oxygen atoms in total. The molecule has 1 aromatic carbocycles. The Morgan fingerprint density at radius 2 is 1.82 bits per heavy atom. The molecule has 0 saturated heterocycles. The summed E-state index contributed by atoms with van der Waals surface area (Å²) in [5, 5.41) is 3.45. The third-order valence-corrected chi connectivity index (χ3v) is 2.91. The minimum Gasteiger partial charge on any atom is -0.312 e. The van der Waals surface area contributed by atoms with Crippen molar-refractivity contribution in [2.45, 2.75) is 19.9 Å². The lowest BCUT2D eigenvalue weighted by atomic mass is 10.1. The van der Waals surface area contributed by atoms with Gasteiger partial charge in [0.1, 0.15) is 0 Å². The molecule has 0 unspecified atom stereocenters. The first-order valence-corrected chi connectivity index (χ1v) is 6.00. The summed E-state index contributed by atoms with van der Waals surface area (Å²) < 4.78 is 0. The summed E-state index contributed by atoms with van der Waals surface area (Å²) in [7, 11) is 0. The number of nitrogens with one attached hydrogen (secondary N) is 1. The van der Waals surface area contributed by atoms with Gasteiger partial charge in [-0.3, -0.25) is 4.98 Å². The minimum atomic E-state index is 0.911. The maximum Gasteiger partial charge on any atom is 0.0271 e. The Hall–Kier alpha value is -1.67. The zero-order chi connectivity index (χ0) is 11.9. The second kappa shape index (κ2) is 6.16. The summed E-state index contributed by atoms with van der Waals surface area (Å²) >= 11 is 0. The maximum absolute atomic E-state index is 4.01. The van der Waals surface area contributed by atoms with Gasteiger partial charge in [-0.05, 0) is 48.7 Å². The molecule has 88 valence electrons. The Kier molecular flexibility index (Phi) is 4.28. The number of hydrogen-bond acceptors (Lipinski definition) is 2. The Labute approximate surface area is 103 Å². The quantitative estimate of drug-likeness (QED) is 0.793. The van der Waals surface area contributed by atoms with Crippen molar-refractivity contribution in [1.82, 2.24) is 10.3 Å². The van der Waals surface area contributed by atoms with Crippen LogP contribution in [-0.2, 0) is 13.0 Å². The van der Waals surface area contributed by atoms with E-state index in [-0.39, 0.29) is 0 Å². The van der Waals surface area contributed by atoms with Gasteiger partial charge in [-0.2, -0.15) is 0 Å². The van der Waals surface area contributed by atoms with Gasteiger partial charge < -0.3 is 5.32 Å². The smallest absolute Gasteiger partial charge is 0.0271 e. The van der Waals surface area contributed by atoms with Gasteiger partial charge in [0.05, 0.1) is 0 Å². The van der Waals surface area contributed by atoms with E-state index >= 15 is 0 Å². The molecule has 0 radical (unpaired) electrons. The topological polar surface area (TPSA) is 24.9 Å². The summed E-state index contributed by atoms with van der Waals surface area (Å²) in [6.45, 7) is 4.08. The highest BCUT2D eigenvalue weighted by Crippen LogP contribution is 2.06. The van der Waals surface area contributed by atoms with E-state index in [0.717, 1.165) is 19.5 Å². The van der Waals surface area contributed by atoms with Gasteiger partial charge in [-0.15, -0.1) is 0 Å². The van der Waals surface area contributed by atoms with E-state index in [1.54, 1.807) is 0 Å². The van der Waals surface area contributed by atoms with Crippen molar-refractivity contribution in [1.29, 1.82) is 0 Å². The summed E-state index contributed by atoms with van der Waals surface area (Å²) in [6, 6.07) is 12.6. The van der Waals surface area contributed by atoms with E-state index in [9.17, 15) is 0 Å². The molecule has 2 rings (SSSR count). The van der Waals surface area contributed by atoms with Gasteiger partial charge in [-0.25, -0.2) is 0 Å². The number of hydrogen-bond donors (Lipinski definition) is 1. The second-order valence-corrected chi connectivity index (χ2v) is 4.21. The van der Waals surface area contributed by atoms with Crippen LogP contribution in [-0.4, -0.2) is 11.5 Å². The predicted octanol–water partition coefficient (Wildman–Crippen LogP) is 2.72. The fourth-order valence-corrected chi connectivity index (χ4v) is 1.85. The highest BCUT2D eigenvalue weighted by Gasteiger charge is 1.96. The predicted molar refractivity (Wildman–Crippen MR) is 70.8 cm³/mol. The molecule has 1 aromatic heterocycles. The number of rotatable bonds is 5. The lowest BCUT2D eigenvalue weighted by Gasteiger charge is -2.07. The van der Waals surface area contributed by atoms with Crippen LogP contribution in [0, 0.1) is 6.92 Å². The maximum atomic E-state index is 4.01. The molecule has 0 bridgehead atoms. The van der Waals surface area contributed by atoms with Gasteiger partial charge in [0.25, 0.3) is 0 Å². The molecule has 0 aliphatic heterocycles. The highest BCUT2D eigenvalue weighted by atomic mass is 14.8. The van der Waals surface area contributed by atoms with Crippen LogP contribution in [0.5, 0.6) is 0 Å². The van der Waals surface area contributed by atoms with Crippen LogP contribution in [0.15, 0.2) is 48.8 Å². The molecule has 1 N–H and O–H groups in total. The Morgan fingerprint density at radius 3 is 2.59 bits per heavy atom. The first-order valence-electron chi connectivity index (χ1n) is 6.00. The van der Waals surface area contributed by atoms with Crippen LogP contribution in [0.2, 0.25) is 0 Å². The molecule has 1 heterocycles. The van der Waals surface area contributed by atoms with E-state index in [4.69, 9.17) is 0 Å². The van der Waals surface area contributed by atoms with Gasteiger partial charge in [0.2, 0.25) is 0 Å². The number of benzene rings is 1. The zero-order valence-corrected chi connectivity index (χ0v) is 10.2. The molecule has 0 amide bonds. The van der Waals surface area contributed by atoms with Gasteiger partial charge in [-0.1, -0.05) is 24.3 Å². The number of nitrogens with zero attached hydrogens (tertiary/aromatic N) is 1.